The van der Waals surface area contributed by atoms with Crippen LogP contribution in [-0.4, -0.2) is 26.5 Å². The number of nitrogens with one attached hydrogen (secondary N) is 1. The predicted molar refractivity (Wildman–Crippen MR) is 51.2 cm³/mol. The van der Waals surface area contributed by atoms with E-state index >= 15 is 0 Å². The zero-order chi connectivity index (χ0) is 10.6. The van der Waals surface area contributed by atoms with Crippen LogP contribution in [0.5, 0.6) is 5.75 Å². The number of Topliss-reactive ketones (excluding diaryl/α,β-unsaturated/α-hetero) is 1. The molecule has 0 saturated heterocycles. The summed E-state index contributed by atoms with van der Waals surface area (Å²) in [4.78, 5) is 11.4. The molecule has 0 bridgehead atoms. The molecule has 0 heterocycles. The smallest absolute Gasteiger partial charge is 0.176 e. The molecule has 14 heavy (non-hydrogen) atoms. The lowest BCUT2D eigenvalue weighted by Gasteiger charge is -2.04. The first-order valence-electron chi connectivity index (χ1n) is 4.20. The number of methoxy groups -OCH3 is 1. The largest absolute Gasteiger partial charge is 0.494 e. The number of benzene rings is 1. The van der Waals surface area contributed by atoms with Crippen LogP contribution in [0.2, 0.25) is 0 Å². The SMILES string of the molecule is CNCC(=O)c1ccc(F)c(OC)c1. The highest BCUT2D eigenvalue weighted by molar-refractivity contribution is 5.97. The number of ether oxygens (including phenoxy) is 1. The Morgan fingerprint density at radius 3 is 2.86 bits per heavy atom. The molecule has 0 spiro atoms. The molecule has 0 aliphatic heterocycles. The molecule has 1 rings (SSSR count). The maximum atomic E-state index is 13.0. The van der Waals surface area contributed by atoms with Gasteiger partial charge in [-0.25, -0.2) is 4.39 Å². The third-order valence-corrected chi connectivity index (χ3v) is 1.81. The van der Waals surface area contributed by atoms with Crippen LogP contribution in [0.15, 0.2) is 18.2 Å². The highest BCUT2D eigenvalue weighted by Crippen LogP contribution is 2.18. The molecule has 0 aromatic heterocycles. The molecule has 0 atom stereocenters. The summed E-state index contributed by atoms with van der Waals surface area (Å²) in [5.74, 6) is -0.466. The summed E-state index contributed by atoms with van der Waals surface area (Å²) < 4.78 is 17.7. The molecular formula is C10H12FNO2. The number of likely N-dealkylation sites (N-methyl/N-ethyl adjacent to an activating group) is 1. The standard InChI is InChI=1S/C10H12FNO2/c1-12-6-9(13)7-3-4-8(11)10(5-7)14-2/h3-5,12H,6H2,1-2H3. The van der Waals surface area contributed by atoms with E-state index in [1.807, 2.05) is 0 Å². The van der Waals surface area contributed by atoms with Gasteiger partial charge in [-0.15, -0.1) is 0 Å². The summed E-state index contributed by atoms with van der Waals surface area (Å²) in [5, 5.41) is 2.73. The van der Waals surface area contributed by atoms with Gasteiger partial charge in [0.15, 0.2) is 17.3 Å². The van der Waals surface area contributed by atoms with Crippen LogP contribution < -0.4 is 10.1 Å². The quantitative estimate of drug-likeness (QED) is 0.738. The van der Waals surface area contributed by atoms with Gasteiger partial charge in [-0.05, 0) is 25.2 Å². The fraction of sp³-hybridized carbons (Fsp3) is 0.300. The first-order valence-corrected chi connectivity index (χ1v) is 4.20. The number of ketones is 1. The van der Waals surface area contributed by atoms with Gasteiger partial charge >= 0.3 is 0 Å². The van der Waals surface area contributed by atoms with Gasteiger partial charge < -0.3 is 10.1 Å². The van der Waals surface area contributed by atoms with Crippen LogP contribution in [0.25, 0.3) is 0 Å². The lowest BCUT2D eigenvalue weighted by molar-refractivity contribution is 0.0993. The second-order valence-electron chi connectivity index (χ2n) is 2.80. The molecule has 0 fully saturated rings. The topological polar surface area (TPSA) is 38.3 Å². The lowest BCUT2D eigenvalue weighted by atomic mass is 10.1. The Labute approximate surface area is 81.9 Å². The van der Waals surface area contributed by atoms with E-state index in [9.17, 15) is 9.18 Å². The van der Waals surface area contributed by atoms with Crippen LogP contribution in [0.1, 0.15) is 10.4 Å². The van der Waals surface area contributed by atoms with Gasteiger partial charge in [0.05, 0.1) is 13.7 Å². The summed E-state index contributed by atoms with van der Waals surface area (Å²) in [7, 11) is 3.05. The predicted octanol–water partition coefficient (Wildman–Crippen LogP) is 1.24. The Balaban J connectivity index is 2.94. The molecule has 0 saturated carbocycles. The second kappa shape index (κ2) is 4.72. The first-order chi connectivity index (χ1) is 6.69. The molecule has 0 unspecified atom stereocenters. The van der Waals surface area contributed by atoms with Gasteiger partial charge in [-0.1, -0.05) is 0 Å². The molecule has 1 N–H and O–H groups in total. The van der Waals surface area contributed by atoms with E-state index in [0.29, 0.717) is 5.56 Å². The van der Waals surface area contributed by atoms with Gasteiger partial charge in [-0.3, -0.25) is 4.79 Å². The highest BCUT2D eigenvalue weighted by Gasteiger charge is 2.08. The summed E-state index contributed by atoms with van der Waals surface area (Å²) in [6.07, 6.45) is 0. The van der Waals surface area contributed by atoms with Crippen molar-refractivity contribution in [3.63, 3.8) is 0 Å². The number of rotatable bonds is 4. The molecule has 0 radical (unpaired) electrons. The van der Waals surface area contributed by atoms with Crippen LogP contribution in [0.3, 0.4) is 0 Å². The number of carbonyl (C=O) groups excluding carboxylic acids is 1. The fourth-order valence-electron chi connectivity index (χ4n) is 1.10. The van der Waals surface area contributed by atoms with E-state index in [2.05, 4.69) is 5.32 Å². The third kappa shape index (κ3) is 2.29. The second-order valence-corrected chi connectivity index (χ2v) is 2.80. The summed E-state index contributed by atoms with van der Waals surface area (Å²) in [5.41, 5.74) is 0.442. The van der Waals surface area contributed by atoms with Gasteiger partial charge in [0.2, 0.25) is 0 Å². The third-order valence-electron chi connectivity index (χ3n) is 1.81. The van der Waals surface area contributed by atoms with Crippen LogP contribution in [0, 0.1) is 5.82 Å². The van der Waals surface area contributed by atoms with Crippen molar-refractivity contribution in [1.82, 2.24) is 5.32 Å². The maximum Gasteiger partial charge on any atom is 0.176 e. The summed E-state index contributed by atoms with van der Waals surface area (Å²) in [6.45, 7) is 0.231. The van der Waals surface area contributed by atoms with E-state index in [0.717, 1.165) is 0 Å². The van der Waals surface area contributed by atoms with E-state index in [4.69, 9.17) is 4.74 Å². The lowest BCUT2D eigenvalue weighted by Crippen LogP contribution is -2.18. The van der Waals surface area contributed by atoms with Crippen molar-refractivity contribution in [2.45, 2.75) is 0 Å². The first kappa shape index (κ1) is 10.7. The Bertz CT molecular complexity index is 339. The number of hydrogen-bond acceptors (Lipinski definition) is 3. The van der Waals surface area contributed by atoms with Crippen molar-refractivity contribution in [2.24, 2.45) is 0 Å². The molecule has 0 aliphatic carbocycles. The van der Waals surface area contributed by atoms with Gasteiger partial charge in [0.25, 0.3) is 0 Å². The molecule has 1 aromatic rings. The Hall–Kier alpha value is -1.42. The average Bonchev–Trinajstić information content (AvgIpc) is 2.19. The normalized spacial score (nSPS) is 9.93. The summed E-state index contributed by atoms with van der Waals surface area (Å²) in [6, 6.07) is 4.06. The number of hydrogen-bond donors (Lipinski definition) is 1. The average molecular weight is 197 g/mol. The molecule has 0 amide bonds. The zero-order valence-corrected chi connectivity index (χ0v) is 8.13. The van der Waals surface area contributed by atoms with E-state index in [1.165, 1.54) is 25.3 Å². The van der Waals surface area contributed by atoms with Crippen molar-refractivity contribution in [1.29, 1.82) is 0 Å². The van der Waals surface area contributed by atoms with Crippen molar-refractivity contribution in [3.8, 4) is 5.75 Å². The Kier molecular flexibility index (Phi) is 3.59. The van der Waals surface area contributed by atoms with E-state index in [1.54, 1.807) is 7.05 Å². The van der Waals surface area contributed by atoms with Gasteiger partial charge in [-0.2, -0.15) is 0 Å². The monoisotopic (exact) mass is 197 g/mol. The van der Waals surface area contributed by atoms with E-state index < -0.39 is 5.82 Å². The molecule has 76 valence electrons. The molecule has 4 heteroatoms. The molecule has 3 nitrogen and oxygen atoms in total. The highest BCUT2D eigenvalue weighted by atomic mass is 19.1. The number of carbonyl (C=O) groups is 1. The molecule has 1 aromatic carbocycles. The maximum absolute atomic E-state index is 13.0. The fourth-order valence-corrected chi connectivity index (χ4v) is 1.10. The number of halogens is 1. The van der Waals surface area contributed by atoms with Gasteiger partial charge in [0.1, 0.15) is 0 Å². The molecular weight excluding hydrogens is 185 g/mol. The minimum absolute atomic E-state index is 0.0898. The van der Waals surface area contributed by atoms with Crippen molar-refractivity contribution >= 4 is 5.78 Å². The minimum Gasteiger partial charge on any atom is -0.494 e. The van der Waals surface area contributed by atoms with Crippen molar-refractivity contribution in [3.05, 3.63) is 29.6 Å². The van der Waals surface area contributed by atoms with Crippen LogP contribution in [-0.2, 0) is 0 Å². The van der Waals surface area contributed by atoms with Crippen molar-refractivity contribution < 1.29 is 13.9 Å². The van der Waals surface area contributed by atoms with Gasteiger partial charge in [0, 0.05) is 5.56 Å². The zero-order valence-electron chi connectivity index (χ0n) is 8.13. The van der Waals surface area contributed by atoms with Crippen LogP contribution >= 0.6 is 0 Å². The minimum atomic E-state index is -0.464. The Morgan fingerprint density at radius 1 is 1.57 bits per heavy atom. The molecule has 0 aliphatic rings. The van der Waals surface area contributed by atoms with E-state index in [-0.39, 0.29) is 18.1 Å². The van der Waals surface area contributed by atoms with Crippen LogP contribution in [0.4, 0.5) is 4.39 Å². The summed E-state index contributed by atoms with van der Waals surface area (Å²) >= 11 is 0. The van der Waals surface area contributed by atoms with Crippen molar-refractivity contribution in [2.75, 3.05) is 20.7 Å². The Morgan fingerprint density at radius 2 is 2.29 bits per heavy atom.